The van der Waals surface area contributed by atoms with Gasteiger partial charge < -0.3 is 10.2 Å². The molecule has 0 amide bonds. The maximum absolute atomic E-state index is 10.8. The number of hydrogen-bond acceptors (Lipinski definition) is 2. The van der Waals surface area contributed by atoms with Crippen molar-refractivity contribution in [3.8, 4) is 0 Å². The lowest BCUT2D eigenvalue weighted by atomic mass is 9.44. The van der Waals surface area contributed by atoms with E-state index in [4.69, 9.17) is 0 Å². The second kappa shape index (κ2) is 7.70. The van der Waals surface area contributed by atoms with E-state index in [1.807, 2.05) is 13.8 Å². The lowest BCUT2D eigenvalue weighted by Crippen LogP contribution is -2.54. The maximum atomic E-state index is 10.8. The smallest absolute Gasteiger partial charge is 0.0594 e. The Morgan fingerprint density at radius 2 is 1.72 bits per heavy atom. The average Bonchev–Trinajstić information content (AvgIpc) is 2.96. The van der Waals surface area contributed by atoms with Gasteiger partial charge in [-0.3, -0.25) is 0 Å². The number of rotatable bonds is 5. The second-order valence-corrected chi connectivity index (χ2v) is 14.1. The Morgan fingerprint density at radius 3 is 2.38 bits per heavy atom. The predicted octanol–water partition coefficient (Wildman–Crippen LogP) is 7.45. The SMILES string of the molecule is C[C@H](CCCC(C)(C)O)C1CC[C@@]2(C)C3=CCC4C(C)(C)[C@@H](O)CC[C@]4(C)C3=CC[C@]12C. The van der Waals surface area contributed by atoms with E-state index in [-0.39, 0.29) is 22.3 Å². The van der Waals surface area contributed by atoms with Crippen LogP contribution in [0.15, 0.2) is 23.3 Å². The molecule has 0 saturated heterocycles. The van der Waals surface area contributed by atoms with E-state index in [0.717, 1.165) is 38.0 Å². The van der Waals surface area contributed by atoms with Gasteiger partial charge in [-0.15, -0.1) is 0 Å². The topological polar surface area (TPSA) is 40.5 Å². The van der Waals surface area contributed by atoms with Gasteiger partial charge in [0.05, 0.1) is 11.7 Å². The van der Waals surface area contributed by atoms with Crippen LogP contribution in [-0.2, 0) is 0 Å². The fourth-order valence-electron chi connectivity index (χ4n) is 9.00. The largest absolute Gasteiger partial charge is 0.393 e. The minimum Gasteiger partial charge on any atom is -0.393 e. The monoisotopic (exact) mass is 442 g/mol. The Morgan fingerprint density at radius 1 is 1.03 bits per heavy atom. The lowest BCUT2D eigenvalue weighted by molar-refractivity contribution is -0.0851. The molecule has 2 fully saturated rings. The van der Waals surface area contributed by atoms with Crippen LogP contribution in [-0.4, -0.2) is 21.9 Å². The van der Waals surface area contributed by atoms with Crippen LogP contribution in [0.1, 0.15) is 113 Å². The first-order valence-electron chi connectivity index (χ1n) is 13.5. The Hall–Kier alpha value is -0.600. The van der Waals surface area contributed by atoms with Crippen molar-refractivity contribution < 1.29 is 10.2 Å². The van der Waals surface area contributed by atoms with Crippen molar-refractivity contribution in [3.63, 3.8) is 0 Å². The highest BCUT2D eigenvalue weighted by atomic mass is 16.3. The number of aliphatic hydroxyl groups excluding tert-OH is 1. The predicted molar refractivity (Wildman–Crippen MR) is 134 cm³/mol. The minimum absolute atomic E-state index is 0.0231. The van der Waals surface area contributed by atoms with Gasteiger partial charge in [-0.25, -0.2) is 0 Å². The normalized spacial score (nSPS) is 44.1. The van der Waals surface area contributed by atoms with E-state index in [2.05, 4.69) is 53.7 Å². The number of allylic oxidation sites excluding steroid dienone is 4. The van der Waals surface area contributed by atoms with Crippen molar-refractivity contribution in [2.45, 2.75) is 125 Å². The zero-order chi connectivity index (χ0) is 23.7. The van der Waals surface area contributed by atoms with Gasteiger partial charge in [-0.1, -0.05) is 66.5 Å². The Labute approximate surface area is 198 Å². The van der Waals surface area contributed by atoms with Gasteiger partial charge in [-0.05, 0) is 109 Å². The molecule has 0 aliphatic heterocycles. The fourth-order valence-corrected chi connectivity index (χ4v) is 9.00. The van der Waals surface area contributed by atoms with E-state index >= 15 is 0 Å². The summed E-state index contributed by atoms with van der Waals surface area (Å²) < 4.78 is 0. The van der Waals surface area contributed by atoms with E-state index in [0.29, 0.717) is 17.3 Å². The fraction of sp³-hybridized carbons (Fsp3) is 0.867. The molecule has 32 heavy (non-hydrogen) atoms. The van der Waals surface area contributed by atoms with Crippen LogP contribution in [0.3, 0.4) is 0 Å². The standard InChI is InChI=1S/C30H50O2/c1-20(10-9-16-26(2,3)32)21-13-18-30(8)23-11-12-24-27(4,5)25(31)15-17-28(24,6)22(23)14-19-29(21,30)7/h11,14,20-21,24-25,31-32H,9-10,12-13,15-19H2,1-8H3/t20-,21?,24?,25+,28-,29-,30+/m1/s1. The highest BCUT2D eigenvalue weighted by Gasteiger charge is 2.62. The van der Waals surface area contributed by atoms with Crippen LogP contribution < -0.4 is 0 Å². The van der Waals surface area contributed by atoms with Crippen LogP contribution in [0.5, 0.6) is 0 Å². The van der Waals surface area contributed by atoms with Gasteiger partial charge in [0.15, 0.2) is 0 Å². The minimum atomic E-state index is -0.545. The summed E-state index contributed by atoms with van der Waals surface area (Å²) in [6, 6.07) is 0. The molecule has 0 aromatic carbocycles. The molecule has 0 heterocycles. The van der Waals surface area contributed by atoms with E-state index in [1.165, 1.54) is 25.7 Å². The summed E-state index contributed by atoms with van der Waals surface area (Å²) in [5, 5.41) is 20.9. The van der Waals surface area contributed by atoms with E-state index in [1.54, 1.807) is 11.1 Å². The molecule has 2 N–H and O–H groups in total. The molecule has 2 unspecified atom stereocenters. The maximum Gasteiger partial charge on any atom is 0.0594 e. The van der Waals surface area contributed by atoms with Gasteiger partial charge in [0.25, 0.3) is 0 Å². The van der Waals surface area contributed by atoms with Crippen molar-refractivity contribution >= 4 is 0 Å². The molecule has 0 radical (unpaired) electrons. The molecule has 0 bridgehead atoms. The molecule has 2 nitrogen and oxygen atoms in total. The van der Waals surface area contributed by atoms with E-state index in [9.17, 15) is 10.2 Å². The summed E-state index contributed by atoms with van der Waals surface area (Å²) in [5.41, 5.74) is 3.53. The third kappa shape index (κ3) is 3.49. The molecular formula is C30H50O2. The molecule has 4 aliphatic rings. The lowest BCUT2D eigenvalue weighted by Gasteiger charge is -2.61. The van der Waals surface area contributed by atoms with Crippen LogP contribution in [0.25, 0.3) is 0 Å². The van der Waals surface area contributed by atoms with Crippen molar-refractivity contribution in [3.05, 3.63) is 23.3 Å². The zero-order valence-electron chi connectivity index (χ0n) is 22.2. The Kier molecular flexibility index (Phi) is 5.90. The van der Waals surface area contributed by atoms with Crippen LogP contribution >= 0.6 is 0 Å². The summed E-state index contributed by atoms with van der Waals surface area (Å²) in [4.78, 5) is 0. The van der Waals surface area contributed by atoms with Crippen LogP contribution in [0.4, 0.5) is 0 Å². The van der Waals surface area contributed by atoms with Gasteiger partial charge in [0.2, 0.25) is 0 Å². The number of fused-ring (bicyclic) bond motifs is 5. The molecule has 4 rings (SSSR count). The van der Waals surface area contributed by atoms with Gasteiger partial charge in [0, 0.05) is 0 Å². The van der Waals surface area contributed by atoms with Crippen LogP contribution in [0, 0.1) is 39.4 Å². The summed E-state index contributed by atoms with van der Waals surface area (Å²) in [5.74, 6) is 1.98. The highest BCUT2D eigenvalue weighted by molar-refractivity contribution is 5.49. The van der Waals surface area contributed by atoms with Crippen molar-refractivity contribution in [2.24, 2.45) is 39.4 Å². The zero-order valence-corrected chi connectivity index (χ0v) is 22.2. The quantitative estimate of drug-likeness (QED) is 0.464. The average molecular weight is 443 g/mol. The third-order valence-electron chi connectivity index (χ3n) is 11.4. The van der Waals surface area contributed by atoms with Gasteiger partial charge in [-0.2, -0.15) is 0 Å². The molecule has 0 spiro atoms. The first-order chi connectivity index (χ1) is 14.7. The van der Waals surface area contributed by atoms with Gasteiger partial charge in [0.1, 0.15) is 0 Å². The molecule has 182 valence electrons. The second-order valence-electron chi connectivity index (χ2n) is 14.1. The summed E-state index contributed by atoms with van der Waals surface area (Å²) in [6.07, 6.45) is 15.3. The summed E-state index contributed by atoms with van der Waals surface area (Å²) >= 11 is 0. The third-order valence-corrected chi connectivity index (χ3v) is 11.4. The molecule has 7 atom stereocenters. The first kappa shape index (κ1) is 24.5. The molecule has 0 aromatic heterocycles. The van der Waals surface area contributed by atoms with Crippen molar-refractivity contribution in [1.82, 2.24) is 0 Å². The first-order valence-corrected chi connectivity index (χ1v) is 13.5. The van der Waals surface area contributed by atoms with E-state index < -0.39 is 5.60 Å². The van der Waals surface area contributed by atoms with Crippen molar-refractivity contribution in [2.75, 3.05) is 0 Å². The molecule has 2 saturated carbocycles. The summed E-state index contributed by atoms with van der Waals surface area (Å²) in [7, 11) is 0. The molecule has 4 aliphatic carbocycles. The highest BCUT2D eigenvalue weighted by Crippen LogP contribution is 2.71. The Balaban J connectivity index is 1.61. The van der Waals surface area contributed by atoms with Gasteiger partial charge >= 0.3 is 0 Å². The Bertz CT molecular complexity index is 798. The van der Waals surface area contributed by atoms with Crippen LogP contribution in [0.2, 0.25) is 0 Å². The molecular weight excluding hydrogens is 392 g/mol. The number of hydrogen-bond donors (Lipinski definition) is 2. The molecule has 2 heteroatoms. The number of aliphatic hydroxyl groups is 2. The summed E-state index contributed by atoms with van der Waals surface area (Å²) in [6.45, 7) is 18.6. The van der Waals surface area contributed by atoms with Crippen molar-refractivity contribution in [1.29, 1.82) is 0 Å². The molecule has 0 aromatic rings.